The Labute approximate surface area is 135 Å². The van der Waals surface area contributed by atoms with Crippen LogP contribution in [0.3, 0.4) is 0 Å². The van der Waals surface area contributed by atoms with Gasteiger partial charge in [-0.05, 0) is 30.9 Å². The second-order valence-corrected chi connectivity index (χ2v) is 7.25. The Morgan fingerprint density at radius 1 is 1.29 bits per heavy atom. The van der Waals surface area contributed by atoms with E-state index in [1.165, 1.54) is 16.0 Å². The summed E-state index contributed by atoms with van der Waals surface area (Å²) in [6, 6.07) is 12.8. The van der Waals surface area contributed by atoms with Gasteiger partial charge in [0.2, 0.25) is 5.91 Å². The van der Waals surface area contributed by atoms with Gasteiger partial charge in [-0.3, -0.25) is 4.79 Å². The summed E-state index contributed by atoms with van der Waals surface area (Å²) in [5, 5.41) is 5.13. The van der Waals surface area contributed by atoms with Gasteiger partial charge in [0.1, 0.15) is 0 Å². The van der Waals surface area contributed by atoms with Crippen molar-refractivity contribution in [3.63, 3.8) is 0 Å². The largest absolute Gasteiger partial charge is 0.353 e. The Balaban J connectivity index is 1.66. The average Bonchev–Trinajstić information content (AvgIpc) is 2.93. The van der Waals surface area contributed by atoms with E-state index in [1.807, 2.05) is 6.07 Å². The molecule has 1 N–H and O–H groups in total. The first-order valence-corrected chi connectivity index (χ1v) is 9.12. The summed E-state index contributed by atoms with van der Waals surface area (Å²) in [7, 11) is 0. The van der Waals surface area contributed by atoms with Crippen molar-refractivity contribution in [2.75, 3.05) is 5.75 Å². The molecule has 0 aliphatic rings. The summed E-state index contributed by atoms with van der Waals surface area (Å²) in [6.45, 7) is 4.14. The molecule has 1 atom stereocenters. The monoisotopic (exact) mass is 319 g/mol. The van der Waals surface area contributed by atoms with Gasteiger partial charge in [-0.25, -0.2) is 0 Å². The highest BCUT2D eigenvalue weighted by molar-refractivity contribution is 7.99. The van der Waals surface area contributed by atoms with Crippen molar-refractivity contribution < 1.29 is 4.79 Å². The van der Waals surface area contributed by atoms with Crippen LogP contribution in [-0.2, 0) is 17.0 Å². The third-order valence-corrected chi connectivity index (χ3v) is 5.02. The zero-order valence-corrected chi connectivity index (χ0v) is 14.1. The molecule has 1 amide bonds. The molecule has 1 heterocycles. The number of carbonyl (C=O) groups is 1. The number of rotatable bonds is 7. The van der Waals surface area contributed by atoms with E-state index in [2.05, 4.69) is 54.9 Å². The van der Waals surface area contributed by atoms with E-state index in [-0.39, 0.29) is 11.9 Å². The molecule has 1 aromatic carbocycles. The van der Waals surface area contributed by atoms with Crippen molar-refractivity contribution in [2.24, 2.45) is 0 Å². The van der Waals surface area contributed by atoms with Gasteiger partial charge in [0.05, 0.1) is 5.75 Å². The summed E-state index contributed by atoms with van der Waals surface area (Å²) in [5.41, 5.74) is 2.54. The van der Waals surface area contributed by atoms with Crippen molar-refractivity contribution in [2.45, 2.75) is 32.1 Å². The number of carbonyl (C=O) groups excluding carboxylic acids is 1. The smallest absolute Gasteiger partial charge is 0.230 e. The molecule has 2 aromatic rings. The molecule has 0 bridgehead atoms. The Morgan fingerprint density at radius 2 is 2.05 bits per heavy atom. The van der Waals surface area contributed by atoms with Gasteiger partial charge in [0.25, 0.3) is 0 Å². The lowest BCUT2D eigenvalue weighted by atomic mass is 10.2. The van der Waals surface area contributed by atoms with Crippen LogP contribution in [-0.4, -0.2) is 17.7 Å². The molecule has 0 saturated heterocycles. The second-order valence-electron chi connectivity index (χ2n) is 5.23. The molecule has 2 rings (SSSR count). The summed E-state index contributed by atoms with van der Waals surface area (Å²) in [4.78, 5) is 13.2. The fourth-order valence-corrected chi connectivity index (χ4v) is 3.68. The standard InChI is InChI=1S/C17H21NOS2/c1-13-5-7-15(8-6-13)11-20-12-17(19)18-14(2)10-16-4-3-9-21-16/h3-9,14H,10-12H2,1-2H3,(H,18,19). The quantitative estimate of drug-likeness (QED) is 0.834. The number of hydrogen-bond donors (Lipinski definition) is 1. The van der Waals surface area contributed by atoms with E-state index in [0.29, 0.717) is 5.75 Å². The van der Waals surface area contributed by atoms with E-state index in [1.54, 1.807) is 23.1 Å². The molecular weight excluding hydrogens is 298 g/mol. The van der Waals surface area contributed by atoms with Crippen LogP contribution in [0.2, 0.25) is 0 Å². The van der Waals surface area contributed by atoms with Gasteiger partial charge in [-0.1, -0.05) is 35.9 Å². The molecule has 112 valence electrons. The van der Waals surface area contributed by atoms with Crippen LogP contribution in [0.25, 0.3) is 0 Å². The molecule has 0 aliphatic carbocycles. The van der Waals surface area contributed by atoms with Crippen LogP contribution in [0.4, 0.5) is 0 Å². The molecular formula is C17H21NOS2. The van der Waals surface area contributed by atoms with E-state index in [9.17, 15) is 4.79 Å². The number of aryl methyl sites for hydroxylation is 1. The van der Waals surface area contributed by atoms with Crippen LogP contribution in [0.1, 0.15) is 22.9 Å². The Hall–Kier alpha value is -1.26. The lowest BCUT2D eigenvalue weighted by Crippen LogP contribution is -2.35. The Kier molecular flexibility index (Phi) is 6.33. The minimum absolute atomic E-state index is 0.121. The fraction of sp³-hybridized carbons (Fsp3) is 0.353. The van der Waals surface area contributed by atoms with Gasteiger partial charge < -0.3 is 5.32 Å². The first-order chi connectivity index (χ1) is 10.1. The molecule has 0 spiro atoms. The summed E-state index contributed by atoms with van der Waals surface area (Å²) < 4.78 is 0. The van der Waals surface area contributed by atoms with Crippen LogP contribution < -0.4 is 5.32 Å². The van der Waals surface area contributed by atoms with E-state index in [0.717, 1.165) is 12.2 Å². The molecule has 4 heteroatoms. The first kappa shape index (κ1) is 16.1. The lowest BCUT2D eigenvalue weighted by Gasteiger charge is -2.12. The van der Waals surface area contributed by atoms with Gasteiger partial charge in [0.15, 0.2) is 0 Å². The van der Waals surface area contributed by atoms with Crippen molar-refractivity contribution in [1.82, 2.24) is 5.32 Å². The average molecular weight is 319 g/mol. The van der Waals surface area contributed by atoms with Gasteiger partial charge in [0, 0.05) is 23.1 Å². The van der Waals surface area contributed by atoms with Crippen LogP contribution >= 0.6 is 23.1 Å². The molecule has 21 heavy (non-hydrogen) atoms. The van der Waals surface area contributed by atoms with Crippen molar-refractivity contribution in [3.8, 4) is 0 Å². The third kappa shape index (κ3) is 5.94. The minimum Gasteiger partial charge on any atom is -0.353 e. The van der Waals surface area contributed by atoms with E-state index >= 15 is 0 Å². The molecule has 0 saturated carbocycles. The maximum Gasteiger partial charge on any atom is 0.230 e. The number of benzene rings is 1. The second kappa shape index (κ2) is 8.25. The third-order valence-electron chi connectivity index (χ3n) is 3.12. The summed E-state index contributed by atoms with van der Waals surface area (Å²) in [5.74, 6) is 1.52. The van der Waals surface area contributed by atoms with Crippen LogP contribution in [0, 0.1) is 6.92 Å². The van der Waals surface area contributed by atoms with Crippen molar-refractivity contribution in [1.29, 1.82) is 0 Å². The molecule has 1 unspecified atom stereocenters. The molecule has 0 aliphatic heterocycles. The normalized spacial score (nSPS) is 12.1. The van der Waals surface area contributed by atoms with Gasteiger partial charge in [-0.15, -0.1) is 23.1 Å². The Bertz CT molecular complexity index is 549. The van der Waals surface area contributed by atoms with Gasteiger partial charge >= 0.3 is 0 Å². The predicted octanol–water partition coefficient (Wildman–Crippen LogP) is 4.04. The van der Waals surface area contributed by atoms with Crippen LogP contribution in [0.5, 0.6) is 0 Å². The summed E-state index contributed by atoms with van der Waals surface area (Å²) in [6.07, 6.45) is 0.909. The Morgan fingerprint density at radius 3 is 2.71 bits per heavy atom. The fourth-order valence-electron chi connectivity index (χ4n) is 2.04. The molecule has 0 radical (unpaired) electrons. The topological polar surface area (TPSA) is 29.1 Å². The van der Waals surface area contributed by atoms with E-state index in [4.69, 9.17) is 0 Å². The maximum absolute atomic E-state index is 11.9. The van der Waals surface area contributed by atoms with Gasteiger partial charge in [-0.2, -0.15) is 0 Å². The first-order valence-electron chi connectivity index (χ1n) is 7.08. The van der Waals surface area contributed by atoms with Crippen molar-refractivity contribution >= 4 is 29.0 Å². The highest BCUT2D eigenvalue weighted by atomic mass is 32.2. The lowest BCUT2D eigenvalue weighted by molar-refractivity contribution is -0.119. The minimum atomic E-state index is 0.121. The summed E-state index contributed by atoms with van der Waals surface area (Å²) >= 11 is 3.40. The number of hydrogen-bond acceptors (Lipinski definition) is 3. The zero-order chi connectivity index (χ0) is 15.1. The number of thioether (sulfide) groups is 1. The predicted molar refractivity (Wildman–Crippen MR) is 93.0 cm³/mol. The van der Waals surface area contributed by atoms with Crippen molar-refractivity contribution in [3.05, 3.63) is 57.8 Å². The highest BCUT2D eigenvalue weighted by Gasteiger charge is 2.08. The molecule has 0 fully saturated rings. The highest BCUT2D eigenvalue weighted by Crippen LogP contribution is 2.13. The maximum atomic E-state index is 11.9. The number of amides is 1. The number of thiophene rings is 1. The SMILES string of the molecule is Cc1ccc(CSCC(=O)NC(C)Cc2cccs2)cc1. The van der Waals surface area contributed by atoms with Crippen LogP contribution in [0.15, 0.2) is 41.8 Å². The molecule has 1 aromatic heterocycles. The number of nitrogens with one attached hydrogen (secondary N) is 1. The molecule has 2 nitrogen and oxygen atoms in total. The van der Waals surface area contributed by atoms with E-state index < -0.39 is 0 Å². The zero-order valence-electron chi connectivity index (χ0n) is 12.5.